The summed E-state index contributed by atoms with van der Waals surface area (Å²) < 4.78 is 18.1. The van der Waals surface area contributed by atoms with E-state index in [1.807, 2.05) is 26.2 Å². The Hall–Kier alpha value is -3.42. The van der Waals surface area contributed by atoms with Crippen LogP contribution in [0, 0.1) is 0 Å². The average molecular weight is 384 g/mol. The molecule has 0 atom stereocenters. The Labute approximate surface area is 163 Å². The first-order chi connectivity index (χ1) is 13.5. The predicted octanol–water partition coefficient (Wildman–Crippen LogP) is 1.42. The maximum atomic E-state index is 12.8. The van der Waals surface area contributed by atoms with Crippen LogP contribution in [0.15, 0.2) is 49.1 Å². The summed E-state index contributed by atoms with van der Waals surface area (Å²) >= 11 is 0. The quantitative estimate of drug-likeness (QED) is 0.476. The standard InChI is InChI=1S/C20H24N4O4/c1-5-23-13-11-21(3)19(23)27-17(25)15-9-7-8-10-16(15)18(26)28-20-22(4)12-14-24(20)6-2/h7-14H,5-6H2,1-4H3/q+2. The molecule has 28 heavy (non-hydrogen) atoms. The molecule has 1 aromatic carbocycles. The molecule has 2 heterocycles. The van der Waals surface area contributed by atoms with Gasteiger partial charge in [0.05, 0.1) is 38.3 Å². The molecule has 0 bridgehead atoms. The van der Waals surface area contributed by atoms with Crippen LogP contribution in [0.1, 0.15) is 34.6 Å². The van der Waals surface area contributed by atoms with Crippen molar-refractivity contribution in [1.29, 1.82) is 0 Å². The van der Waals surface area contributed by atoms with E-state index in [0.29, 0.717) is 25.1 Å². The van der Waals surface area contributed by atoms with Crippen LogP contribution in [-0.4, -0.2) is 21.1 Å². The molecule has 2 aromatic heterocycles. The lowest BCUT2D eigenvalue weighted by molar-refractivity contribution is -0.675. The summed E-state index contributed by atoms with van der Waals surface area (Å²) in [5, 5.41) is 0. The molecule has 146 valence electrons. The van der Waals surface area contributed by atoms with Crippen LogP contribution in [0.2, 0.25) is 0 Å². The lowest BCUT2D eigenvalue weighted by Crippen LogP contribution is -2.32. The van der Waals surface area contributed by atoms with E-state index in [1.165, 1.54) is 0 Å². The maximum absolute atomic E-state index is 12.8. The molecule has 0 aliphatic rings. The third kappa shape index (κ3) is 3.66. The Morgan fingerprint density at radius 2 is 1.21 bits per heavy atom. The Morgan fingerprint density at radius 1 is 0.821 bits per heavy atom. The Kier molecular flexibility index (Phi) is 5.58. The number of rotatable bonds is 6. The van der Waals surface area contributed by atoms with Gasteiger partial charge in [0.2, 0.25) is 0 Å². The fourth-order valence-electron chi connectivity index (χ4n) is 2.88. The van der Waals surface area contributed by atoms with E-state index >= 15 is 0 Å². The molecule has 0 fully saturated rings. The first kappa shape index (κ1) is 19.3. The fraction of sp³-hybridized carbons (Fsp3) is 0.300. The summed E-state index contributed by atoms with van der Waals surface area (Å²) in [6, 6.07) is 7.25. The molecule has 0 aliphatic heterocycles. The van der Waals surface area contributed by atoms with Gasteiger partial charge < -0.3 is 9.47 Å². The highest BCUT2D eigenvalue weighted by molar-refractivity contribution is 6.04. The Bertz CT molecular complexity index is 938. The number of esters is 2. The van der Waals surface area contributed by atoms with Crippen LogP contribution >= 0.6 is 0 Å². The molecule has 8 nitrogen and oxygen atoms in total. The molecule has 3 aromatic rings. The summed E-state index contributed by atoms with van der Waals surface area (Å²) in [4.78, 5) is 25.6. The average Bonchev–Trinajstić information content (AvgIpc) is 3.24. The van der Waals surface area contributed by atoms with E-state index in [0.717, 1.165) is 0 Å². The summed E-state index contributed by atoms with van der Waals surface area (Å²) in [7, 11) is 3.57. The predicted molar refractivity (Wildman–Crippen MR) is 98.9 cm³/mol. The molecule has 8 heteroatoms. The highest BCUT2D eigenvalue weighted by Crippen LogP contribution is 2.16. The van der Waals surface area contributed by atoms with Crippen molar-refractivity contribution in [3.8, 4) is 12.0 Å². The van der Waals surface area contributed by atoms with E-state index in [1.54, 1.807) is 69.0 Å². The van der Waals surface area contributed by atoms with Gasteiger partial charge in [-0.25, -0.2) is 9.59 Å². The van der Waals surface area contributed by atoms with Gasteiger partial charge in [-0.3, -0.25) is 0 Å². The fourth-order valence-corrected chi connectivity index (χ4v) is 2.88. The van der Waals surface area contributed by atoms with E-state index in [9.17, 15) is 9.59 Å². The number of aryl methyl sites for hydroxylation is 4. The molecular formula is C20H24N4O4+2. The molecular weight excluding hydrogens is 360 g/mol. The topological polar surface area (TPSA) is 70.2 Å². The van der Waals surface area contributed by atoms with Gasteiger partial charge in [0, 0.05) is 0 Å². The second-order valence-corrected chi connectivity index (χ2v) is 6.28. The normalized spacial score (nSPS) is 10.7. The van der Waals surface area contributed by atoms with E-state index in [4.69, 9.17) is 9.47 Å². The maximum Gasteiger partial charge on any atom is 0.463 e. The minimum atomic E-state index is -0.619. The van der Waals surface area contributed by atoms with Crippen molar-refractivity contribution in [3.63, 3.8) is 0 Å². The number of hydrogen-bond acceptors (Lipinski definition) is 4. The van der Waals surface area contributed by atoms with Gasteiger partial charge in [-0.15, -0.1) is 0 Å². The van der Waals surface area contributed by atoms with Gasteiger partial charge in [-0.05, 0) is 26.0 Å². The largest absolute Gasteiger partial charge is 0.463 e. The van der Waals surface area contributed by atoms with Crippen molar-refractivity contribution in [1.82, 2.24) is 9.13 Å². The van der Waals surface area contributed by atoms with Crippen molar-refractivity contribution in [2.24, 2.45) is 14.1 Å². The van der Waals surface area contributed by atoms with Crippen LogP contribution in [0.5, 0.6) is 12.0 Å². The second kappa shape index (κ2) is 8.08. The zero-order valence-electron chi connectivity index (χ0n) is 16.5. The SMILES string of the molecule is CCn1cc[n+](C)c1OC(=O)c1ccccc1C(=O)Oc1n(CC)cc[n+]1C. The summed E-state index contributed by atoms with van der Waals surface area (Å²) in [5.74, 6) is -1.24. The Morgan fingerprint density at radius 3 is 1.57 bits per heavy atom. The van der Waals surface area contributed by atoms with Crippen molar-refractivity contribution in [2.45, 2.75) is 26.9 Å². The van der Waals surface area contributed by atoms with Crippen LogP contribution in [0.25, 0.3) is 0 Å². The summed E-state index contributed by atoms with van der Waals surface area (Å²) in [6.07, 6.45) is 7.24. The van der Waals surface area contributed by atoms with Crippen molar-refractivity contribution in [2.75, 3.05) is 0 Å². The smallest absolute Gasteiger partial charge is 0.353 e. The molecule has 0 saturated heterocycles. The number of benzene rings is 1. The Balaban J connectivity index is 1.88. The van der Waals surface area contributed by atoms with Gasteiger partial charge in [-0.2, -0.15) is 18.3 Å². The molecule has 0 spiro atoms. The van der Waals surface area contributed by atoms with Gasteiger partial charge in [0.15, 0.2) is 0 Å². The number of imidazole rings is 2. The van der Waals surface area contributed by atoms with Gasteiger partial charge in [-0.1, -0.05) is 12.1 Å². The number of hydrogen-bond donors (Lipinski definition) is 0. The van der Waals surface area contributed by atoms with E-state index < -0.39 is 11.9 Å². The zero-order chi connectivity index (χ0) is 20.3. The van der Waals surface area contributed by atoms with Crippen LogP contribution < -0.4 is 18.6 Å². The lowest BCUT2D eigenvalue weighted by atomic mass is 10.1. The third-order valence-electron chi connectivity index (χ3n) is 4.45. The minimum absolute atomic E-state index is 0.147. The van der Waals surface area contributed by atoms with E-state index in [2.05, 4.69) is 0 Å². The van der Waals surface area contributed by atoms with Gasteiger partial charge in [0.25, 0.3) is 0 Å². The van der Waals surface area contributed by atoms with Gasteiger partial charge >= 0.3 is 24.0 Å². The molecule has 0 saturated carbocycles. The summed E-state index contributed by atoms with van der Waals surface area (Å²) in [6.45, 7) is 5.20. The van der Waals surface area contributed by atoms with Gasteiger partial charge in [0.1, 0.15) is 24.8 Å². The molecule has 0 aliphatic carbocycles. The van der Waals surface area contributed by atoms with Crippen molar-refractivity contribution in [3.05, 3.63) is 60.2 Å². The second-order valence-electron chi connectivity index (χ2n) is 6.28. The molecule has 0 unspecified atom stereocenters. The van der Waals surface area contributed by atoms with Crippen LogP contribution in [-0.2, 0) is 27.2 Å². The number of aromatic nitrogens is 4. The molecule has 0 radical (unpaired) electrons. The highest BCUT2D eigenvalue weighted by atomic mass is 16.6. The number of nitrogens with zero attached hydrogens (tertiary/aromatic N) is 4. The first-order valence-electron chi connectivity index (χ1n) is 9.09. The third-order valence-corrected chi connectivity index (χ3v) is 4.45. The zero-order valence-corrected chi connectivity index (χ0v) is 16.5. The highest BCUT2D eigenvalue weighted by Gasteiger charge is 2.27. The lowest BCUT2D eigenvalue weighted by Gasteiger charge is -2.07. The van der Waals surface area contributed by atoms with Crippen LogP contribution in [0.3, 0.4) is 0 Å². The monoisotopic (exact) mass is 384 g/mol. The van der Waals surface area contributed by atoms with E-state index in [-0.39, 0.29) is 11.1 Å². The summed E-state index contributed by atoms with van der Waals surface area (Å²) in [5.41, 5.74) is 0.294. The number of ether oxygens (including phenoxy) is 2. The molecule has 0 amide bonds. The van der Waals surface area contributed by atoms with Crippen molar-refractivity contribution < 1.29 is 28.2 Å². The molecule has 3 rings (SSSR count). The minimum Gasteiger partial charge on any atom is -0.353 e. The van der Waals surface area contributed by atoms with Crippen LogP contribution in [0.4, 0.5) is 0 Å². The van der Waals surface area contributed by atoms with Crippen molar-refractivity contribution >= 4 is 11.9 Å². The first-order valence-corrected chi connectivity index (χ1v) is 9.09. The number of carbonyl (C=O) groups excluding carboxylic acids is 2. The molecule has 0 N–H and O–H groups in total. The number of carbonyl (C=O) groups is 2.